The zero-order chi connectivity index (χ0) is 40.8. The lowest BCUT2D eigenvalue weighted by Gasteiger charge is -2.50. The van der Waals surface area contributed by atoms with E-state index in [9.17, 15) is 20.4 Å². The van der Waals surface area contributed by atoms with Gasteiger partial charge in [0.05, 0.1) is 6.26 Å². The van der Waals surface area contributed by atoms with Crippen LogP contribution in [-0.4, -0.2) is 49.9 Å². The van der Waals surface area contributed by atoms with Gasteiger partial charge in [-0.2, -0.15) is 0 Å². The zero-order valence-electron chi connectivity index (χ0n) is 37.0. The van der Waals surface area contributed by atoms with Crippen molar-refractivity contribution in [2.24, 2.45) is 0 Å². The second kappa shape index (κ2) is 36.7. The van der Waals surface area contributed by atoms with Gasteiger partial charge in [-0.15, -0.1) is 0 Å². The summed E-state index contributed by atoms with van der Waals surface area (Å²) < 4.78 is 6.04. The summed E-state index contributed by atoms with van der Waals surface area (Å²) in [6, 6.07) is 0. The molecule has 5 nitrogen and oxygen atoms in total. The van der Waals surface area contributed by atoms with Gasteiger partial charge in [-0.25, -0.2) is 0 Å². The van der Waals surface area contributed by atoms with Crippen molar-refractivity contribution in [3.05, 3.63) is 60.9 Å². The number of hydrogen-bond acceptors (Lipinski definition) is 5. The second-order valence-electron chi connectivity index (χ2n) is 16.3. The molecule has 0 aromatic rings. The second-order valence-corrected chi connectivity index (χ2v) is 16.3. The predicted octanol–water partition coefficient (Wildman–Crippen LogP) is 14.1. The fourth-order valence-electron chi connectivity index (χ4n) is 7.17. The summed E-state index contributed by atoms with van der Waals surface area (Å²) in [5, 5.41) is 50.5. The van der Waals surface area contributed by atoms with E-state index in [-0.39, 0.29) is 6.61 Å². The highest BCUT2D eigenvalue weighted by Gasteiger charge is 2.61. The van der Waals surface area contributed by atoms with Crippen molar-refractivity contribution in [2.75, 3.05) is 6.61 Å². The van der Waals surface area contributed by atoms with E-state index in [4.69, 9.17) is 4.74 Å². The summed E-state index contributed by atoms with van der Waals surface area (Å²) in [6.07, 6.45) is 48.3. The Bertz CT molecular complexity index is 985. The van der Waals surface area contributed by atoms with Gasteiger partial charge in [0.25, 0.3) is 0 Å². The van der Waals surface area contributed by atoms with Crippen LogP contribution in [0.1, 0.15) is 227 Å². The molecule has 4 atom stereocenters. The Morgan fingerprint density at radius 3 is 1.18 bits per heavy atom. The van der Waals surface area contributed by atoms with Crippen molar-refractivity contribution < 1.29 is 25.2 Å². The lowest BCUT2D eigenvalue weighted by atomic mass is 9.67. The van der Waals surface area contributed by atoms with Crippen molar-refractivity contribution >= 4 is 0 Å². The van der Waals surface area contributed by atoms with Crippen LogP contribution in [0.4, 0.5) is 0 Å². The third-order valence-corrected chi connectivity index (χ3v) is 11.0. The first-order chi connectivity index (χ1) is 26.7. The van der Waals surface area contributed by atoms with Crippen LogP contribution in [0, 0.1) is 0 Å². The van der Waals surface area contributed by atoms with E-state index >= 15 is 0 Å². The first-order valence-corrected chi connectivity index (χ1v) is 23.5. The molecule has 0 bridgehead atoms. The average Bonchev–Trinajstić information content (AvgIpc) is 3.18. The molecule has 0 aliphatic heterocycles. The molecule has 0 aromatic heterocycles. The molecule has 322 valence electrons. The lowest BCUT2D eigenvalue weighted by Crippen LogP contribution is -2.70. The molecule has 0 spiro atoms. The van der Waals surface area contributed by atoms with Gasteiger partial charge >= 0.3 is 0 Å². The molecule has 0 aliphatic rings. The lowest BCUT2D eigenvalue weighted by molar-refractivity contribution is -0.218. The molecular formula is C50H92O5. The topological polar surface area (TPSA) is 90.2 Å². The molecule has 0 rings (SSSR count). The summed E-state index contributed by atoms with van der Waals surface area (Å²) in [4.78, 5) is 0. The third kappa shape index (κ3) is 24.7. The Morgan fingerprint density at radius 2 is 0.764 bits per heavy atom. The maximum absolute atomic E-state index is 13.0. The van der Waals surface area contributed by atoms with Gasteiger partial charge in [-0.05, 0) is 70.3 Å². The number of aliphatic hydroxyl groups excluding tert-OH is 1. The molecule has 0 aromatic carbocycles. The maximum Gasteiger partial charge on any atom is 0.153 e. The van der Waals surface area contributed by atoms with Crippen LogP contribution in [0.25, 0.3) is 0 Å². The minimum Gasteiger partial charge on any atom is -0.498 e. The van der Waals surface area contributed by atoms with Crippen LogP contribution >= 0.6 is 0 Å². The number of ether oxygens (including phenoxy) is 1. The van der Waals surface area contributed by atoms with Crippen LogP contribution < -0.4 is 0 Å². The highest BCUT2D eigenvalue weighted by atomic mass is 16.5. The van der Waals surface area contributed by atoms with Crippen LogP contribution in [0.5, 0.6) is 0 Å². The predicted molar refractivity (Wildman–Crippen MR) is 239 cm³/mol. The van der Waals surface area contributed by atoms with Crippen molar-refractivity contribution in [3.63, 3.8) is 0 Å². The zero-order valence-corrected chi connectivity index (χ0v) is 37.0. The summed E-state index contributed by atoms with van der Waals surface area (Å²) in [5.74, 6) is 0. The molecule has 1 unspecified atom stereocenters. The van der Waals surface area contributed by atoms with E-state index in [1.165, 1.54) is 89.9 Å². The first kappa shape index (κ1) is 53.3. The first-order valence-electron chi connectivity index (χ1n) is 23.5. The molecular weight excluding hydrogens is 681 g/mol. The molecule has 0 fully saturated rings. The minimum atomic E-state index is -2.31. The minimum absolute atomic E-state index is 0.274. The standard InChI is InChI=1S/C50H92O5/c1-6-11-16-21-26-31-36-41-47(51)49(53,43-38-33-28-23-18-13-8-3)50(54,44-39-34-29-24-19-14-9-4)48(52,42-37-32-27-22-17-12-7-2)46-55-45-40-35-30-25-20-15-10-5/h36-45,47,51-54H,6-35,46H2,1-5H3/t47?,48-,49+,50+/m1/s1. The average molecular weight is 773 g/mol. The van der Waals surface area contributed by atoms with Crippen LogP contribution in [0.3, 0.4) is 0 Å². The van der Waals surface area contributed by atoms with Crippen molar-refractivity contribution in [2.45, 2.75) is 250 Å². The molecule has 0 saturated heterocycles. The largest absolute Gasteiger partial charge is 0.498 e. The molecule has 55 heavy (non-hydrogen) atoms. The number of hydrogen-bond donors (Lipinski definition) is 4. The third-order valence-electron chi connectivity index (χ3n) is 11.0. The van der Waals surface area contributed by atoms with E-state index in [2.05, 4.69) is 34.6 Å². The Morgan fingerprint density at radius 1 is 0.418 bits per heavy atom. The van der Waals surface area contributed by atoms with E-state index in [1.807, 2.05) is 30.4 Å². The highest BCUT2D eigenvalue weighted by molar-refractivity contribution is 5.35. The normalized spacial score (nSPS) is 16.5. The highest BCUT2D eigenvalue weighted by Crippen LogP contribution is 2.41. The van der Waals surface area contributed by atoms with Gasteiger partial charge in [0.1, 0.15) is 18.3 Å². The molecule has 4 N–H and O–H groups in total. The molecule has 0 radical (unpaired) electrons. The Balaban J connectivity index is 6.83. The van der Waals surface area contributed by atoms with Crippen molar-refractivity contribution in [1.82, 2.24) is 0 Å². The number of aliphatic hydroxyl groups is 4. The summed E-state index contributed by atoms with van der Waals surface area (Å²) >= 11 is 0. The van der Waals surface area contributed by atoms with Gasteiger partial charge in [0, 0.05) is 0 Å². The van der Waals surface area contributed by atoms with Crippen LogP contribution in [0.15, 0.2) is 60.9 Å². The van der Waals surface area contributed by atoms with Gasteiger partial charge in [-0.3, -0.25) is 0 Å². The van der Waals surface area contributed by atoms with Crippen LogP contribution in [0.2, 0.25) is 0 Å². The Labute approximate surface area is 341 Å². The van der Waals surface area contributed by atoms with Crippen molar-refractivity contribution in [3.8, 4) is 0 Å². The summed E-state index contributed by atoms with van der Waals surface area (Å²) in [6.45, 7) is 10.8. The van der Waals surface area contributed by atoms with E-state index < -0.39 is 22.9 Å². The van der Waals surface area contributed by atoms with Crippen molar-refractivity contribution in [1.29, 1.82) is 0 Å². The van der Waals surface area contributed by atoms with Gasteiger partial charge in [0.15, 0.2) is 11.2 Å². The molecule has 0 amide bonds. The number of unbranched alkanes of at least 4 members (excludes halogenated alkanes) is 25. The van der Waals surface area contributed by atoms with Gasteiger partial charge in [-0.1, -0.05) is 212 Å². The van der Waals surface area contributed by atoms with Crippen LogP contribution in [-0.2, 0) is 4.74 Å². The van der Waals surface area contributed by atoms with E-state index in [1.54, 1.807) is 30.6 Å². The number of rotatable bonds is 40. The van der Waals surface area contributed by atoms with E-state index in [0.29, 0.717) is 12.8 Å². The molecule has 5 heteroatoms. The fraction of sp³-hybridized carbons (Fsp3) is 0.800. The quantitative estimate of drug-likeness (QED) is 0.0283. The fourth-order valence-corrected chi connectivity index (χ4v) is 7.17. The monoisotopic (exact) mass is 773 g/mol. The maximum atomic E-state index is 13.0. The smallest absolute Gasteiger partial charge is 0.153 e. The summed E-state index contributed by atoms with van der Waals surface area (Å²) in [7, 11) is 0. The van der Waals surface area contributed by atoms with Gasteiger partial charge < -0.3 is 25.2 Å². The molecule has 0 heterocycles. The van der Waals surface area contributed by atoms with E-state index in [0.717, 1.165) is 89.9 Å². The summed E-state index contributed by atoms with van der Waals surface area (Å²) in [5.41, 5.74) is -6.59. The SMILES string of the molecule is CCCCCCCC=COC[C@](O)(C=CCCCCCCC)[C@@](O)(C=CCCCCCCC)[C@](O)(C=CCCCCCCC)C(O)C=CCCCCCCC. The number of allylic oxidation sites excluding steroid dienone is 5. The molecule has 0 saturated carbocycles. The Kier molecular flexibility index (Phi) is 35.6. The van der Waals surface area contributed by atoms with Gasteiger partial charge in [0.2, 0.25) is 0 Å². The molecule has 0 aliphatic carbocycles. The Hall–Kier alpha value is -1.66.